The lowest BCUT2D eigenvalue weighted by Gasteiger charge is -2.39. The molecular formula is C22H25N9O3S. The molecule has 3 aromatic rings. The van der Waals surface area contributed by atoms with E-state index in [1.807, 2.05) is 0 Å². The number of nitrogens with zero attached hydrogens (tertiary/aromatic N) is 6. The number of rotatable bonds is 5. The molecular weight excluding hydrogens is 470 g/mol. The van der Waals surface area contributed by atoms with E-state index in [1.165, 1.54) is 22.8 Å². The lowest BCUT2D eigenvalue weighted by Crippen LogP contribution is -2.50. The molecule has 182 valence electrons. The van der Waals surface area contributed by atoms with Crippen LogP contribution in [0.25, 0.3) is 16.1 Å². The quantitative estimate of drug-likeness (QED) is 0.231. The molecule has 2 unspecified atom stereocenters. The number of hydrogen-bond acceptors (Lipinski definition) is 9. The Labute approximate surface area is 204 Å². The van der Waals surface area contributed by atoms with Crippen LogP contribution in [0.1, 0.15) is 59.6 Å². The summed E-state index contributed by atoms with van der Waals surface area (Å²) in [6.07, 6.45) is 6.93. The molecule has 2 saturated heterocycles. The Kier molecular flexibility index (Phi) is 5.81. The summed E-state index contributed by atoms with van der Waals surface area (Å²) in [6, 6.07) is -0.134. The second-order valence-electron chi connectivity index (χ2n) is 8.79. The predicted octanol–water partition coefficient (Wildman–Crippen LogP) is 1.33. The molecule has 1 amide bonds. The number of nitrogens with one attached hydrogen (secondary N) is 1. The second kappa shape index (κ2) is 8.82. The second-order valence-corrected chi connectivity index (χ2v) is 9.91. The summed E-state index contributed by atoms with van der Waals surface area (Å²) in [4.78, 5) is 40.8. The number of nitrogen functional groups attached to an aromatic ring is 1. The van der Waals surface area contributed by atoms with Crippen LogP contribution >= 0.6 is 11.3 Å². The number of carbonyl (C=O) groups excluding carboxylic acids is 2. The lowest BCUT2D eigenvalue weighted by atomic mass is 9.85. The van der Waals surface area contributed by atoms with Crippen LogP contribution in [0.15, 0.2) is 17.4 Å². The Bertz CT molecular complexity index is 1360. The Balaban J connectivity index is 1.56. The fraction of sp³-hybridized carbons (Fsp3) is 0.409. The molecule has 5 heterocycles. The summed E-state index contributed by atoms with van der Waals surface area (Å²) in [5, 5.41) is 21.4. The molecule has 2 bridgehead atoms. The van der Waals surface area contributed by atoms with Gasteiger partial charge in [-0.05, 0) is 32.6 Å². The van der Waals surface area contributed by atoms with Crippen molar-refractivity contribution < 1.29 is 14.7 Å². The Morgan fingerprint density at radius 2 is 2.03 bits per heavy atom. The van der Waals surface area contributed by atoms with Crippen LogP contribution in [0, 0.1) is 5.41 Å². The molecule has 2 aliphatic rings. The molecule has 2 fully saturated rings. The van der Waals surface area contributed by atoms with Crippen molar-refractivity contribution in [2.45, 2.75) is 57.2 Å². The molecule has 5 rings (SSSR count). The number of Topliss-reactive ketones (excluding diaryl/α,β-unsaturated/α-hetero) is 1. The van der Waals surface area contributed by atoms with Crippen molar-refractivity contribution in [2.75, 3.05) is 5.73 Å². The van der Waals surface area contributed by atoms with E-state index in [1.54, 1.807) is 17.3 Å². The number of amidine groups is 1. The third-order valence-corrected chi connectivity index (χ3v) is 7.81. The minimum absolute atomic E-state index is 0.0669. The normalized spacial score (nSPS) is 22.1. The van der Waals surface area contributed by atoms with Gasteiger partial charge in [0.25, 0.3) is 5.91 Å². The number of aliphatic hydroxyl groups excluding tert-OH is 1. The molecule has 6 N–H and O–H groups in total. The van der Waals surface area contributed by atoms with E-state index in [0.717, 1.165) is 29.6 Å². The number of piperidine rings is 1. The predicted molar refractivity (Wildman–Crippen MR) is 130 cm³/mol. The van der Waals surface area contributed by atoms with Gasteiger partial charge < -0.3 is 21.5 Å². The van der Waals surface area contributed by atoms with E-state index < -0.39 is 0 Å². The van der Waals surface area contributed by atoms with Gasteiger partial charge in [-0.25, -0.2) is 15.0 Å². The number of aliphatic imine (C=N–C) groups is 1. The van der Waals surface area contributed by atoms with Crippen LogP contribution < -0.4 is 11.5 Å². The van der Waals surface area contributed by atoms with Gasteiger partial charge in [-0.15, -0.1) is 11.3 Å². The van der Waals surface area contributed by atoms with E-state index in [-0.39, 0.29) is 48.0 Å². The molecule has 0 saturated carbocycles. The number of carbonyl (C=O) groups is 2. The van der Waals surface area contributed by atoms with Gasteiger partial charge in [0.05, 0.1) is 34.5 Å². The van der Waals surface area contributed by atoms with Gasteiger partial charge in [0, 0.05) is 24.2 Å². The van der Waals surface area contributed by atoms with Crippen LogP contribution in [0.3, 0.4) is 0 Å². The van der Waals surface area contributed by atoms with Gasteiger partial charge in [-0.3, -0.25) is 15.0 Å². The van der Waals surface area contributed by atoms with E-state index >= 15 is 0 Å². The van der Waals surface area contributed by atoms with Gasteiger partial charge in [-0.1, -0.05) is 0 Å². The highest BCUT2D eigenvalue weighted by molar-refractivity contribution is 7.15. The van der Waals surface area contributed by atoms with Crippen molar-refractivity contribution in [3.8, 4) is 10.4 Å². The van der Waals surface area contributed by atoms with E-state index in [0.29, 0.717) is 34.8 Å². The maximum atomic E-state index is 12.8. The minimum atomic E-state index is -0.364. The first-order valence-corrected chi connectivity index (χ1v) is 12.0. The molecule has 2 atom stereocenters. The fourth-order valence-corrected chi connectivity index (χ4v) is 6.14. The SMILES string of the molecule is CC(=O)c1c(C2CC3CCC(C2)N3C(=O)C(N)=NC=N)nc2c(-c3cnc(CO)s3)cnn2c1N. The van der Waals surface area contributed by atoms with Crippen molar-refractivity contribution in [3.63, 3.8) is 0 Å². The summed E-state index contributed by atoms with van der Waals surface area (Å²) >= 11 is 1.34. The number of thiazole rings is 1. The van der Waals surface area contributed by atoms with Gasteiger partial charge >= 0.3 is 0 Å². The van der Waals surface area contributed by atoms with Crippen LogP contribution in [-0.2, 0) is 11.4 Å². The molecule has 2 aliphatic heterocycles. The summed E-state index contributed by atoms with van der Waals surface area (Å²) in [7, 11) is 0. The summed E-state index contributed by atoms with van der Waals surface area (Å²) in [5.41, 5.74) is 14.4. The Morgan fingerprint density at radius 1 is 1.31 bits per heavy atom. The van der Waals surface area contributed by atoms with Crippen LogP contribution in [0.4, 0.5) is 5.82 Å². The zero-order valence-electron chi connectivity index (χ0n) is 19.0. The highest BCUT2D eigenvalue weighted by Crippen LogP contribution is 2.44. The van der Waals surface area contributed by atoms with Crippen LogP contribution in [0.5, 0.6) is 0 Å². The number of nitrogens with two attached hydrogens (primary N) is 2. The lowest BCUT2D eigenvalue weighted by molar-refractivity contribution is -0.128. The molecule has 35 heavy (non-hydrogen) atoms. The van der Waals surface area contributed by atoms with Crippen LogP contribution in [-0.4, -0.2) is 65.5 Å². The fourth-order valence-electron chi connectivity index (χ4n) is 5.36. The highest BCUT2D eigenvalue weighted by Gasteiger charge is 2.45. The Morgan fingerprint density at radius 3 is 2.63 bits per heavy atom. The third kappa shape index (κ3) is 3.76. The molecule has 12 nitrogen and oxygen atoms in total. The monoisotopic (exact) mass is 495 g/mol. The minimum Gasteiger partial charge on any atom is -0.389 e. The average molecular weight is 496 g/mol. The molecule has 0 aromatic carbocycles. The maximum Gasteiger partial charge on any atom is 0.289 e. The molecule has 13 heteroatoms. The number of amides is 1. The van der Waals surface area contributed by atoms with Gasteiger partial charge in [0.1, 0.15) is 17.2 Å². The van der Waals surface area contributed by atoms with Crippen molar-refractivity contribution >= 4 is 46.7 Å². The number of aromatic nitrogens is 4. The number of hydrogen-bond donors (Lipinski definition) is 4. The first-order chi connectivity index (χ1) is 16.8. The number of ketones is 1. The molecule has 0 radical (unpaired) electrons. The number of fused-ring (bicyclic) bond motifs is 3. The highest BCUT2D eigenvalue weighted by atomic mass is 32.1. The van der Waals surface area contributed by atoms with E-state index in [2.05, 4.69) is 15.1 Å². The summed E-state index contributed by atoms with van der Waals surface area (Å²) in [5.74, 6) is -0.612. The zero-order chi connectivity index (χ0) is 24.9. The topological polar surface area (TPSA) is 189 Å². The van der Waals surface area contributed by atoms with Gasteiger partial charge in [0.2, 0.25) is 0 Å². The molecule has 3 aromatic heterocycles. The maximum absolute atomic E-state index is 12.8. The van der Waals surface area contributed by atoms with Crippen molar-refractivity contribution in [1.29, 1.82) is 5.41 Å². The smallest absolute Gasteiger partial charge is 0.289 e. The van der Waals surface area contributed by atoms with Crippen LogP contribution in [0.2, 0.25) is 0 Å². The van der Waals surface area contributed by atoms with Crippen molar-refractivity contribution in [1.82, 2.24) is 24.5 Å². The first-order valence-electron chi connectivity index (χ1n) is 11.2. The van der Waals surface area contributed by atoms with Gasteiger partial charge in [-0.2, -0.15) is 9.61 Å². The van der Waals surface area contributed by atoms with Crippen molar-refractivity contribution in [2.24, 2.45) is 10.7 Å². The largest absolute Gasteiger partial charge is 0.389 e. The summed E-state index contributed by atoms with van der Waals surface area (Å²) < 4.78 is 1.47. The zero-order valence-corrected chi connectivity index (χ0v) is 19.8. The molecule has 0 aliphatic carbocycles. The van der Waals surface area contributed by atoms with E-state index in [4.69, 9.17) is 21.9 Å². The average Bonchev–Trinajstić information content (AvgIpc) is 3.54. The first kappa shape index (κ1) is 23.1. The van der Waals surface area contributed by atoms with Gasteiger partial charge in [0.15, 0.2) is 17.3 Å². The third-order valence-electron chi connectivity index (χ3n) is 6.79. The van der Waals surface area contributed by atoms with E-state index in [9.17, 15) is 14.7 Å². The standard InChI is InChI=1S/C22H25N9O3S/c1-10(33)17-18(11-4-12-2-3-13(5-11)30(12)22(34)19(24)27-9-23)29-21-14(6-28-31(21)20(17)25)15-7-26-16(8-32)35-15/h6-7,9,11-13,32H,2-5,8,25H2,1H3,(H3,23,24,27). The number of aliphatic hydroxyl groups is 1. The Hall–Kier alpha value is -3.71. The van der Waals surface area contributed by atoms with Crippen molar-refractivity contribution in [3.05, 3.63) is 28.7 Å². The molecule has 0 spiro atoms. The number of anilines is 1. The summed E-state index contributed by atoms with van der Waals surface area (Å²) in [6.45, 7) is 1.31.